The maximum absolute atomic E-state index is 5.40. The first-order valence-electron chi connectivity index (χ1n) is 8.43. The maximum atomic E-state index is 5.40. The molecule has 0 aliphatic carbocycles. The molecule has 0 spiro atoms. The Hall–Kier alpha value is 0.274. The molecule has 136 valence electrons. The SMILES string of the molecule is CCOCC.C[Si](C)(C)CCOCOCOCC[Si](C)(C)C. The summed E-state index contributed by atoms with van der Waals surface area (Å²) in [7, 11) is -1.93. The van der Waals surface area contributed by atoms with Crippen molar-refractivity contribution in [1.29, 1.82) is 0 Å². The molecule has 0 rings (SSSR count). The molecular formula is C16H40O4Si2. The standard InChI is InChI=1S/C12H30O3Si2.C4H10O/c1-16(2,3)9-7-13-11-15-12-14-8-10-17(4,5)6;1-3-5-4-2/h7-12H2,1-6H3;3-4H2,1-2H3. The van der Waals surface area contributed by atoms with E-state index in [9.17, 15) is 0 Å². The maximum Gasteiger partial charge on any atom is 0.149 e. The van der Waals surface area contributed by atoms with Crippen LogP contribution in [0.3, 0.4) is 0 Å². The van der Waals surface area contributed by atoms with Crippen LogP contribution >= 0.6 is 0 Å². The van der Waals surface area contributed by atoms with E-state index in [2.05, 4.69) is 39.3 Å². The summed E-state index contributed by atoms with van der Waals surface area (Å²) >= 11 is 0. The Labute approximate surface area is 140 Å². The van der Waals surface area contributed by atoms with Crippen molar-refractivity contribution in [3.63, 3.8) is 0 Å². The number of ether oxygens (including phenoxy) is 4. The minimum absolute atomic E-state index is 0.359. The molecule has 0 N–H and O–H groups in total. The molecule has 22 heavy (non-hydrogen) atoms. The van der Waals surface area contributed by atoms with Gasteiger partial charge in [-0.15, -0.1) is 0 Å². The summed E-state index contributed by atoms with van der Waals surface area (Å²) in [5.74, 6) is 0. The van der Waals surface area contributed by atoms with Gasteiger partial charge in [0.05, 0.1) is 0 Å². The highest BCUT2D eigenvalue weighted by atomic mass is 28.3. The van der Waals surface area contributed by atoms with Crippen LogP contribution < -0.4 is 0 Å². The highest BCUT2D eigenvalue weighted by molar-refractivity contribution is 6.76. The van der Waals surface area contributed by atoms with Crippen LogP contribution in [0.5, 0.6) is 0 Å². The first-order valence-corrected chi connectivity index (χ1v) is 15.8. The van der Waals surface area contributed by atoms with Crippen molar-refractivity contribution in [3.8, 4) is 0 Å². The molecule has 0 unspecified atom stereocenters. The van der Waals surface area contributed by atoms with Crippen LogP contribution in [0.15, 0.2) is 0 Å². The Morgan fingerprint density at radius 3 is 1.14 bits per heavy atom. The molecule has 0 aromatic carbocycles. The minimum atomic E-state index is -0.967. The summed E-state index contributed by atoms with van der Waals surface area (Å²) in [4.78, 5) is 0. The molecule has 0 fully saturated rings. The fourth-order valence-electron chi connectivity index (χ4n) is 1.23. The third-order valence-electron chi connectivity index (χ3n) is 2.73. The number of hydrogen-bond acceptors (Lipinski definition) is 4. The lowest BCUT2D eigenvalue weighted by molar-refractivity contribution is -0.127. The third-order valence-corrected chi connectivity index (χ3v) is 6.14. The van der Waals surface area contributed by atoms with E-state index in [0.717, 1.165) is 26.4 Å². The number of hydrogen-bond donors (Lipinski definition) is 0. The Morgan fingerprint density at radius 1 is 0.545 bits per heavy atom. The molecule has 0 amide bonds. The summed E-state index contributed by atoms with van der Waals surface area (Å²) in [6.07, 6.45) is 0. The second-order valence-corrected chi connectivity index (χ2v) is 18.9. The van der Waals surface area contributed by atoms with Crippen molar-refractivity contribution in [2.75, 3.05) is 40.0 Å². The summed E-state index contributed by atoms with van der Waals surface area (Å²) in [5, 5.41) is 0. The lowest BCUT2D eigenvalue weighted by atomic mass is 10.8. The van der Waals surface area contributed by atoms with Crippen LogP contribution in [0.4, 0.5) is 0 Å². The van der Waals surface area contributed by atoms with E-state index < -0.39 is 16.1 Å². The summed E-state index contributed by atoms with van der Waals surface area (Å²) < 4.78 is 20.9. The van der Waals surface area contributed by atoms with Gasteiger partial charge in [-0.1, -0.05) is 39.3 Å². The molecule has 0 aromatic heterocycles. The van der Waals surface area contributed by atoms with Gasteiger partial charge in [-0.3, -0.25) is 0 Å². The lowest BCUT2D eigenvalue weighted by Gasteiger charge is -2.16. The Bertz CT molecular complexity index is 203. The summed E-state index contributed by atoms with van der Waals surface area (Å²) in [6, 6.07) is 2.37. The molecule has 0 atom stereocenters. The van der Waals surface area contributed by atoms with Gasteiger partial charge in [0, 0.05) is 42.6 Å². The lowest BCUT2D eigenvalue weighted by Crippen LogP contribution is -2.23. The third kappa shape index (κ3) is 28.4. The van der Waals surface area contributed by atoms with Crippen molar-refractivity contribution in [2.24, 2.45) is 0 Å². The quantitative estimate of drug-likeness (QED) is 0.290. The van der Waals surface area contributed by atoms with E-state index in [0.29, 0.717) is 13.6 Å². The second-order valence-electron chi connectivity index (χ2n) is 7.66. The van der Waals surface area contributed by atoms with Gasteiger partial charge in [0.25, 0.3) is 0 Å². The van der Waals surface area contributed by atoms with Gasteiger partial charge >= 0.3 is 0 Å². The monoisotopic (exact) mass is 352 g/mol. The average Bonchev–Trinajstić information content (AvgIpc) is 2.36. The Balaban J connectivity index is 0. The highest BCUT2D eigenvalue weighted by Crippen LogP contribution is 2.08. The first kappa shape index (κ1) is 24.5. The zero-order valence-electron chi connectivity index (χ0n) is 16.3. The fourth-order valence-corrected chi connectivity index (χ4v) is 2.74. The predicted molar refractivity (Wildman–Crippen MR) is 101 cm³/mol. The average molecular weight is 353 g/mol. The Kier molecular flexibility index (Phi) is 16.5. The molecule has 0 aromatic rings. The fraction of sp³-hybridized carbons (Fsp3) is 1.00. The molecule has 0 saturated heterocycles. The van der Waals surface area contributed by atoms with Gasteiger partial charge < -0.3 is 18.9 Å². The van der Waals surface area contributed by atoms with Gasteiger partial charge in [-0.05, 0) is 25.9 Å². The summed E-state index contributed by atoms with van der Waals surface area (Å²) in [5.41, 5.74) is 0. The van der Waals surface area contributed by atoms with Gasteiger partial charge in [-0.25, -0.2) is 0 Å². The van der Waals surface area contributed by atoms with Crippen LogP contribution in [0.25, 0.3) is 0 Å². The van der Waals surface area contributed by atoms with Gasteiger partial charge in [0.2, 0.25) is 0 Å². The number of rotatable bonds is 12. The Morgan fingerprint density at radius 2 is 0.909 bits per heavy atom. The zero-order valence-corrected chi connectivity index (χ0v) is 18.3. The molecular weight excluding hydrogens is 312 g/mol. The van der Waals surface area contributed by atoms with Crippen LogP contribution in [0, 0.1) is 0 Å². The first-order chi connectivity index (χ1) is 10.1. The molecule has 0 aliphatic heterocycles. The van der Waals surface area contributed by atoms with E-state index in [-0.39, 0.29) is 0 Å². The molecule has 0 aliphatic rings. The summed E-state index contributed by atoms with van der Waals surface area (Å²) in [6.45, 7) is 22.1. The predicted octanol–water partition coefficient (Wildman–Crippen LogP) is 4.67. The molecule has 0 radical (unpaired) electrons. The van der Waals surface area contributed by atoms with E-state index in [1.807, 2.05) is 13.8 Å². The molecule has 0 saturated carbocycles. The molecule has 0 bridgehead atoms. The van der Waals surface area contributed by atoms with Crippen molar-refractivity contribution >= 4 is 16.1 Å². The van der Waals surface area contributed by atoms with Crippen LogP contribution in [0.1, 0.15) is 13.8 Å². The van der Waals surface area contributed by atoms with Crippen molar-refractivity contribution in [3.05, 3.63) is 0 Å². The zero-order chi connectivity index (χ0) is 17.5. The van der Waals surface area contributed by atoms with E-state index in [1.165, 1.54) is 12.1 Å². The van der Waals surface area contributed by atoms with Gasteiger partial charge in [-0.2, -0.15) is 0 Å². The largest absolute Gasteiger partial charge is 0.382 e. The van der Waals surface area contributed by atoms with Crippen LogP contribution in [-0.2, 0) is 18.9 Å². The topological polar surface area (TPSA) is 36.9 Å². The van der Waals surface area contributed by atoms with Gasteiger partial charge in [0.1, 0.15) is 13.6 Å². The van der Waals surface area contributed by atoms with Crippen molar-refractivity contribution < 1.29 is 18.9 Å². The molecule has 0 heterocycles. The van der Waals surface area contributed by atoms with Crippen molar-refractivity contribution in [2.45, 2.75) is 65.2 Å². The van der Waals surface area contributed by atoms with Crippen molar-refractivity contribution in [1.82, 2.24) is 0 Å². The second kappa shape index (κ2) is 14.8. The van der Waals surface area contributed by atoms with Crippen LogP contribution in [-0.4, -0.2) is 56.2 Å². The molecule has 4 nitrogen and oxygen atoms in total. The minimum Gasteiger partial charge on any atom is -0.382 e. The smallest absolute Gasteiger partial charge is 0.149 e. The van der Waals surface area contributed by atoms with Crippen LogP contribution in [0.2, 0.25) is 51.4 Å². The normalized spacial score (nSPS) is 12.0. The van der Waals surface area contributed by atoms with Gasteiger partial charge in [0.15, 0.2) is 0 Å². The molecule has 6 heteroatoms. The van der Waals surface area contributed by atoms with E-state index >= 15 is 0 Å². The van der Waals surface area contributed by atoms with E-state index in [1.54, 1.807) is 0 Å². The highest BCUT2D eigenvalue weighted by Gasteiger charge is 2.12. The van der Waals surface area contributed by atoms with E-state index in [4.69, 9.17) is 18.9 Å².